The van der Waals surface area contributed by atoms with Crippen LogP contribution in [0.2, 0.25) is 0 Å². The lowest BCUT2D eigenvalue weighted by atomic mass is 9.33. The van der Waals surface area contributed by atoms with Crippen molar-refractivity contribution in [3.63, 3.8) is 0 Å². The third kappa shape index (κ3) is 4.18. The number of ketones is 1. The van der Waals surface area contributed by atoms with Gasteiger partial charge in [-0.2, -0.15) is 0 Å². The Labute approximate surface area is 259 Å². The monoisotopic (exact) mass is 589 g/mol. The van der Waals surface area contributed by atoms with Gasteiger partial charge in [-0.1, -0.05) is 60.6 Å². The number of amides is 1. The predicted octanol–water partition coefficient (Wildman–Crippen LogP) is 7.65. The van der Waals surface area contributed by atoms with E-state index in [1.54, 1.807) is 7.11 Å². The first-order chi connectivity index (χ1) is 20.2. The van der Waals surface area contributed by atoms with Gasteiger partial charge in [0.25, 0.3) is 0 Å². The molecule has 8 atom stereocenters. The van der Waals surface area contributed by atoms with Gasteiger partial charge < -0.3 is 15.2 Å². The van der Waals surface area contributed by atoms with Crippen molar-refractivity contribution in [3.8, 4) is 5.75 Å². The van der Waals surface area contributed by atoms with Crippen molar-refractivity contribution in [3.05, 3.63) is 41.0 Å². The van der Waals surface area contributed by atoms with Crippen LogP contribution in [0, 0.1) is 50.7 Å². The number of aliphatic hydroxyl groups excluding tert-OH is 1. The molecule has 0 bridgehead atoms. The van der Waals surface area contributed by atoms with Crippen molar-refractivity contribution in [1.82, 2.24) is 5.32 Å². The summed E-state index contributed by atoms with van der Waals surface area (Å²) in [5, 5.41) is 14.3. The highest BCUT2D eigenvalue weighted by atomic mass is 16.5. The molecule has 1 amide bonds. The lowest BCUT2D eigenvalue weighted by Crippen LogP contribution is -2.66. The Morgan fingerprint density at radius 3 is 2.28 bits per heavy atom. The van der Waals surface area contributed by atoms with Crippen LogP contribution in [0.1, 0.15) is 112 Å². The summed E-state index contributed by atoms with van der Waals surface area (Å²) in [6.07, 6.45) is 8.32. The van der Waals surface area contributed by atoms with E-state index >= 15 is 0 Å². The second-order valence-electron chi connectivity index (χ2n) is 16.7. The van der Waals surface area contributed by atoms with Crippen LogP contribution in [-0.2, 0) is 16.1 Å². The van der Waals surface area contributed by atoms with E-state index in [0.717, 1.165) is 68.3 Å². The highest BCUT2D eigenvalue weighted by molar-refractivity contribution is 6.06. The minimum absolute atomic E-state index is 0.0317. The van der Waals surface area contributed by atoms with E-state index in [-0.39, 0.29) is 51.3 Å². The molecule has 0 heterocycles. The highest BCUT2D eigenvalue weighted by Gasteiger charge is 2.70. The van der Waals surface area contributed by atoms with Crippen molar-refractivity contribution in [2.75, 3.05) is 7.11 Å². The lowest BCUT2D eigenvalue weighted by Gasteiger charge is -2.72. The van der Waals surface area contributed by atoms with E-state index in [9.17, 15) is 14.7 Å². The molecule has 4 saturated carbocycles. The van der Waals surface area contributed by atoms with Gasteiger partial charge in [-0.25, -0.2) is 0 Å². The zero-order valence-electron chi connectivity index (χ0n) is 27.9. The zero-order chi connectivity index (χ0) is 31.2. The van der Waals surface area contributed by atoms with Crippen LogP contribution in [0.15, 0.2) is 35.4 Å². The second-order valence-corrected chi connectivity index (χ2v) is 16.7. The normalized spacial score (nSPS) is 41.7. The van der Waals surface area contributed by atoms with Gasteiger partial charge in [0, 0.05) is 13.0 Å². The summed E-state index contributed by atoms with van der Waals surface area (Å²) in [6.45, 7) is 17.0. The number of carbonyl (C=O) groups is 2. The van der Waals surface area contributed by atoms with Crippen LogP contribution >= 0.6 is 0 Å². The van der Waals surface area contributed by atoms with Gasteiger partial charge >= 0.3 is 0 Å². The molecule has 0 radical (unpaired) electrons. The fourth-order valence-corrected chi connectivity index (χ4v) is 12.0. The van der Waals surface area contributed by atoms with E-state index in [2.05, 4.69) is 53.8 Å². The van der Waals surface area contributed by atoms with Gasteiger partial charge in [0.1, 0.15) is 5.75 Å². The minimum atomic E-state index is -0.728. The standard InChI is InChI=1S/C38H55NO4/c1-23(2)31-27(40)21-38(33(42)39-22-24-9-11-25(43-8)12-10-24)20-19-36(6)26(32(31)38)13-14-29-35(5)17-16-30(41)34(3,4)28(35)15-18-37(29,36)7/h9-12,23,26,28-30,41H,13-22H2,1-8H3,(H,39,42)/t26-,28+,29-,30+,35+,36-,37-,38-/m1/s1. The maximum Gasteiger partial charge on any atom is 0.231 e. The summed E-state index contributed by atoms with van der Waals surface area (Å²) < 4.78 is 5.31. The average molecular weight is 590 g/mol. The van der Waals surface area contributed by atoms with Crippen LogP contribution in [0.25, 0.3) is 0 Å². The van der Waals surface area contributed by atoms with Crippen LogP contribution < -0.4 is 10.1 Å². The molecular weight excluding hydrogens is 534 g/mol. The van der Waals surface area contributed by atoms with Crippen molar-refractivity contribution in [2.24, 2.45) is 50.7 Å². The van der Waals surface area contributed by atoms with Crippen LogP contribution in [0.4, 0.5) is 0 Å². The number of benzene rings is 1. The molecule has 43 heavy (non-hydrogen) atoms. The van der Waals surface area contributed by atoms with Crippen LogP contribution in [0.5, 0.6) is 5.75 Å². The van der Waals surface area contributed by atoms with Crippen molar-refractivity contribution in [1.29, 1.82) is 0 Å². The first-order valence-corrected chi connectivity index (χ1v) is 17.0. The Hall–Kier alpha value is -2.14. The summed E-state index contributed by atoms with van der Waals surface area (Å²) in [5.41, 5.74) is 2.77. The molecule has 1 aromatic carbocycles. The van der Waals surface area contributed by atoms with E-state index in [1.807, 2.05) is 24.3 Å². The summed E-state index contributed by atoms with van der Waals surface area (Å²) in [7, 11) is 1.66. The largest absolute Gasteiger partial charge is 0.497 e. The number of aliphatic hydroxyl groups is 1. The first-order valence-electron chi connectivity index (χ1n) is 17.0. The molecule has 236 valence electrons. The van der Waals surface area contributed by atoms with Gasteiger partial charge in [0.05, 0.1) is 18.6 Å². The quantitative estimate of drug-likeness (QED) is 0.370. The molecule has 5 heteroatoms. The molecule has 5 aliphatic carbocycles. The summed E-state index contributed by atoms with van der Waals surface area (Å²) in [4.78, 5) is 28.2. The zero-order valence-corrected chi connectivity index (χ0v) is 27.9. The number of methoxy groups -OCH3 is 1. The molecule has 2 N–H and O–H groups in total. The number of nitrogens with one attached hydrogen (secondary N) is 1. The fourth-order valence-electron chi connectivity index (χ4n) is 12.0. The Balaban J connectivity index is 1.35. The summed E-state index contributed by atoms with van der Waals surface area (Å²) in [5.74, 6) is 2.50. The molecule has 1 aromatic rings. The molecule has 0 aliphatic heterocycles. The smallest absolute Gasteiger partial charge is 0.231 e. The molecule has 4 fully saturated rings. The van der Waals surface area contributed by atoms with Crippen LogP contribution in [-0.4, -0.2) is 30.0 Å². The van der Waals surface area contributed by atoms with Gasteiger partial charge in [0.15, 0.2) is 5.78 Å². The SMILES string of the molecule is COc1ccc(CNC(=O)[C@@]23CC[C@]4(C)[C@H](CC[C@@H]5[C@@]6(C)CC[C@H](O)C(C)(C)[C@@H]6CC[C@]54C)C2=C(C(C)C)C(=O)C3)cc1. The molecule has 0 spiro atoms. The number of carbonyl (C=O) groups excluding carboxylic acids is 2. The number of allylic oxidation sites excluding steroid dienone is 1. The van der Waals surface area contributed by atoms with E-state index in [0.29, 0.717) is 24.8 Å². The van der Waals surface area contributed by atoms with Gasteiger partial charge in [-0.3, -0.25) is 9.59 Å². The molecule has 5 aliphatic rings. The number of fused-ring (bicyclic) bond motifs is 7. The first kappa shape index (κ1) is 30.9. The van der Waals surface area contributed by atoms with Gasteiger partial charge in [-0.05, 0) is 126 Å². The maximum absolute atomic E-state index is 14.3. The fraction of sp³-hybridized carbons (Fsp3) is 0.737. The molecule has 5 nitrogen and oxygen atoms in total. The lowest BCUT2D eigenvalue weighted by molar-refractivity contribution is -0.228. The molecule has 6 rings (SSSR count). The topological polar surface area (TPSA) is 75.6 Å². The number of hydrogen-bond acceptors (Lipinski definition) is 4. The molecule has 0 saturated heterocycles. The Kier molecular flexibility index (Phi) is 7.31. The highest BCUT2D eigenvalue weighted by Crippen LogP contribution is 2.76. The van der Waals surface area contributed by atoms with Gasteiger partial charge in [-0.15, -0.1) is 0 Å². The molecular formula is C38H55NO4. The summed E-state index contributed by atoms with van der Waals surface area (Å²) in [6, 6.07) is 7.84. The van der Waals surface area contributed by atoms with Crippen molar-refractivity contribution in [2.45, 2.75) is 119 Å². The van der Waals surface area contributed by atoms with Crippen LogP contribution in [0.3, 0.4) is 0 Å². The summed E-state index contributed by atoms with van der Waals surface area (Å²) >= 11 is 0. The third-order valence-electron chi connectivity index (χ3n) is 14.5. The van der Waals surface area contributed by atoms with Crippen molar-refractivity contribution >= 4 is 11.7 Å². The Morgan fingerprint density at radius 1 is 0.930 bits per heavy atom. The number of ether oxygens (including phenoxy) is 1. The number of hydrogen-bond donors (Lipinski definition) is 2. The third-order valence-corrected chi connectivity index (χ3v) is 14.5. The Morgan fingerprint density at radius 2 is 1.63 bits per heavy atom. The second kappa shape index (κ2) is 10.2. The molecule has 0 unspecified atom stereocenters. The van der Waals surface area contributed by atoms with Crippen molar-refractivity contribution < 1.29 is 19.4 Å². The maximum atomic E-state index is 14.3. The Bertz CT molecular complexity index is 1330. The van der Waals surface area contributed by atoms with E-state index in [4.69, 9.17) is 4.74 Å². The van der Waals surface area contributed by atoms with Gasteiger partial charge in [0.2, 0.25) is 5.91 Å². The predicted molar refractivity (Wildman–Crippen MR) is 170 cm³/mol. The average Bonchev–Trinajstić information content (AvgIpc) is 3.28. The number of Topliss-reactive ketones (excluding diaryl/α,β-unsaturated/α-hetero) is 1. The number of rotatable bonds is 5. The van der Waals surface area contributed by atoms with E-state index in [1.165, 1.54) is 5.57 Å². The minimum Gasteiger partial charge on any atom is -0.497 e. The molecule has 0 aromatic heterocycles. The van der Waals surface area contributed by atoms with E-state index < -0.39 is 5.41 Å².